The first-order valence-electron chi connectivity index (χ1n) is 7.74. The molecule has 1 fully saturated rings. The van der Waals surface area contributed by atoms with Gasteiger partial charge in [0.15, 0.2) is 0 Å². The van der Waals surface area contributed by atoms with Crippen LogP contribution in [0.3, 0.4) is 0 Å². The fourth-order valence-corrected chi connectivity index (χ4v) is 2.36. The van der Waals surface area contributed by atoms with E-state index in [0.29, 0.717) is 5.75 Å². The lowest BCUT2D eigenvalue weighted by Crippen LogP contribution is -2.40. The summed E-state index contributed by atoms with van der Waals surface area (Å²) in [5, 5.41) is 5.01. The van der Waals surface area contributed by atoms with E-state index in [9.17, 15) is 14.0 Å². The number of likely N-dealkylation sites (tertiary alicyclic amines) is 1. The average Bonchev–Trinajstić information content (AvgIpc) is 3.01. The van der Waals surface area contributed by atoms with Gasteiger partial charge in [0.25, 0.3) is 0 Å². The normalized spacial score (nSPS) is 14.0. The minimum Gasteiger partial charge on any atom is -0.489 e. The molecule has 1 aliphatic heterocycles. The molecule has 6 nitrogen and oxygen atoms in total. The van der Waals surface area contributed by atoms with Crippen molar-refractivity contribution in [2.75, 3.05) is 25.0 Å². The van der Waals surface area contributed by atoms with E-state index in [4.69, 9.17) is 4.74 Å². The summed E-state index contributed by atoms with van der Waals surface area (Å²) in [6, 6.07) is 3.33. The molecule has 0 atom stereocenters. The van der Waals surface area contributed by atoms with Crippen LogP contribution in [-0.4, -0.2) is 42.6 Å². The van der Waals surface area contributed by atoms with E-state index in [-0.39, 0.29) is 24.2 Å². The number of amides is 3. The highest BCUT2D eigenvalue weighted by Crippen LogP contribution is 2.26. The molecule has 2 rings (SSSR count). The van der Waals surface area contributed by atoms with Gasteiger partial charge < -0.3 is 20.3 Å². The van der Waals surface area contributed by atoms with E-state index in [1.165, 1.54) is 18.2 Å². The quantitative estimate of drug-likeness (QED) is 0.874. The molecule has 0 bridgehead atoms. The predicted molar refractivity (Wildman–Crippen MR) is 85.0 cm³/mol. The number of nitrogens with one attached hydrogen (secondary N) is 2. The van der Waals surface area contributed by atoms with Crippen LogP contribution < -0.4 is 15.4 Å². The molecule has 3 amide bonds. The topological polar surface area (TPSA) is 70.7 Å². The van der Waals surface area contributed by atoms with E-state index < -0.39 is 11.8 Å². The van der Waals surface area contributed by atoms with Gasteiger partial charge in [0.1, 0.15) is 11.6 Å². The maximum Gasteiger partial charge on any atom is 0.319 e. The number of urea groups is 1. The standard InChI is InChI=1S/C16H22FN3O3/c1-11(2)23-14-6-5-12(17)9-13(14)19-16(22)18-10-15(21)20-7-3-4-8-20/h5-6,9,11H,3-4,7-8,10H2,1-2H3,(H2,18,19,22). The highest BCUT2D eigenvalue weighted by molar-refractivity contribution is 5.93. The highest BCUT2D eigenvalue weighted by Gasteiger charge is 2.18. The number of carbonyl (C=O) groups excluding carboxylic acids is 2. The summed E-state index contributed by atoms with van der Waals surface area (Å²) >= 11 is 0. The lowest BCUT2D eigenvalue weighted by molar-refractivity contribution is -0.128. The number of nitrogens with zero attached hydrogens (tertiary/aromatic N) is 1. The molecule has 1 aromatic carbocycles. The van der Waals surface area contributed by atoms with Crippen molar-refractivity contribution in [3.8, 4) is 5.75 Å². The molecule has 1 saturated heterocycles. The summed E-state index contributed by atoms with van der Waals surface area (Å²) in [6.07, 6.45) is 1.88. The summed E-state index contributed by atoms with van der Waals surface area (Å²) in [7, 11) is 0. The molecule has 1 aromatic rings. The third-order valence-corrected chi connectivity index (χ3v) is 3.41. The van der Waals surface area contributed by atoms with E-state index in [2.05, 4.69) is 10.6 Å². The molecule has 7 heteroatoms. The molecule has 1 heterocycles. The Labute approximate surface area is 135 Å². The van der Waals surface area contributed by atoms with Crippen molar-refractivity contribution in [2.45, 2.75) is 32.8 Å². The first-order valence-corrected chi connectivity index (χ1v) is 7.74. The molecule has 0 radical (unpaired) electrons. The van der Waals surface area contributed by atoms with Crippen LogP contribution >= 0.6 is 0 Å². The van der Waals surface area contributed by atoms with Gasteiger partial charge in [-0.05, 0) is 38.8 Å². The van der Waals surface area contributed by atoms with E-state index >= 15 is 0 Å². The van der Waals surface area contributed by atoms with E-state index in [1.807, 2.05) is 13.8 Å². The monoisotopic (exact) mass is 323 g/mol. The lowest BCUT2D eigenvalue weighted by Gasteiger charge is -2.17. The van der Waals surface area contributed by atoms with E-state index in [0.717, 1.165) is 25.9 Å². The molecule has 0 spiro atoms. The van der Waals surface area contributed by atoms with Gasteiger partial charge in [-0.2, -0.15) is 0 Å². The minimum atomic E-state index is -0.572. The zero-order valence-corrected chi connectivity index (χ0v) is 13.4. The van der Waals surface area contributed by atoms with Gasteiger partial charge in [0, 0.05) is 19.2 Å². The minimum absolute atomic E-state index is 0.0818. The van der Waals surface area contributed by atoms with Crippen molar-refractivity contribution >= 4 is 17.6 Å². The Balaban J connectivity index is 1.91. The number of benzene rings is 1. The number of rotatable bonds is 5. The van der Waals surface area contributed by atoms with Gasteiger partial charge in [0.2, 0.25) is 5.91 Å². The first kappa shape index (κ1) is 17.1. The number of hydrogen-bond acceptors (Lipinski definition) is 3. The van der Waals surface area contributed by atoms with Gasteiger partial charge >= 0.3 is 6.03 Å². The Hall–Kier alpha value is -2.31. The molecular formula is C16H22FN3O3. The highest BCUT2D eigenvalue weighted by atomic mass is 19.1. The van der Waals surface area contributed by atoms with Gasteiger partial charge in [-0.1, -0.05) is 0 Å². The predicted octanol–water partition coefficient (Wildman–Crippen LogP) is 2.36. The smallest absolute Gasteiger partial charge is 0.319 e. The number of halogens is 1. The van der Waals surface area contributed by atoms with Crippen LogP contribution in [0.1, 0.15) is 26.7 Å². The zero-order valence-electron chi connectivity index (χ0n) is 13.4. The van der Waals surface area contributed by atoms with Gasteiger partial charge in [-0.3, -0.25) is 4.79 Å². The van der Waals surface area contributed by atoms with Crippen LogP contribution in [0.4, 0.5) is 14.9 Å². The second-order valence-corrected chi connectivity index (χ2v) is 5.70. The lowest BCUT2D eigenvalue weighted by atomic mass is 10.2. The number of anilines is 1. The number of hydrogen-bond donors (Lipinski definition) is 2. The SMILES string of the molecule is CC(C)Oc1ccc(F)cc1NC(=O)NCC(=O)N1CCCC1. The van der Waals surface area contributed by atoms with E-state index in [1.54, 1.807) is 4.90 Å². The molecule has 2 N–H and O–H groups in total. The van der Waals surface area contributed by atoms with Crippen molar-refractivity contribution in [2.24, 2.45) is 0 Å². The average molecular weight is 323 g/mol. The fraction of sp³-hybridized carbons (Fsp3) is 0.500. The summed E-state index contributed by atoms with van der Waals surface area (Å²) in [5.41, 5.74) is 0.227. The molecule has 0 unspecified atom stereocenters. The summed E-state index contributed by atoms with van der Waals surface area (Å²) in [5.74, 6) is -0.220. The number of carbonyl (C=O) groups is 2. The molecule has 0 saturated carbocycles. The summed E-state index contributed by atoms with van der Waals surface area (Å²) in [4.78, 5) is 25.5. The van der Waals surface area contributed by atoms with Crippen LogP contribution in [0.2, 0.25) is 0 Å². The van der Waals surface area contributed by atoms with Crippen LogP contribution in [0, 0.1) is 5.82 Å². The maximum atomic E-state index is 13.4. The Morgan fingerprint density at radius 1 is 1.30 bits per heavy atom. The second kappa shape index (κ2) is 7.80. The molecule has 0 aromatic heterocycles. The van der Waals surface area contributed by atoms with Crippen molar-refractivity contribution in [1.29, 1.82) is 0 Å². The van der Waals surface area contributed by atoms with Crippen LogP contribution in [0.15, 0.2) is 18.2 Å². The largest absolute Gasteiger partial charge is 0.489 e. The Morgan fingerprint density at radius 2 is 2.00 bits per heavy atom. The van der Waals surface area contributed by atoms with Crippen molar-refractivity contribution in [3.05, 3.63) is 24.0 Å². The summed E-state index contributed by atoms with van der Waals surface area (Å²) in [6.45, 7) is 5.06. The Kier molecular flexibility index (Phi) is 5.78. The van der Waals surface area contributed by atoms with Crippen molar-refractivity contribution in [3.63, 3.8) is 0 Å². The van der Waals surface area contributed by atoms with Crippen LogP contribution in [-0.2, 0) is 4.79 Å². The third kappa shape index (κ3) is 5.12. The van der Waals surface area contributed by atoms with Crippen molar-refractivity contribution in [1.82, 2.24) is 10.2 Å². The third-order valence-electron chi connectivity index (χ3n) is 3.41. The number of ether oxygens (including phenoxy) is 1. The second-order valence-electron chi connectivity index (χ2n) is 5.70. The molecule has 0 aliphatic carbocycles. The first-order chi connectivity index (χ1) is 11.0. The maximum absolute atomic E-state index is 13.4. The summed E-state index contributed by atoms with van der Waals surface area (Å²) < 4.78 is 18.9. The van der Waals surface area contributed by atoms with Crippen LogP contribution in [0.5, 0.6) is 5.75 Å². The molecule has 23 heavy (non-hydrogen) atoms. The van der Waals surface area contributed by atoms with Gasteiger partial charge in [-0.15, -0.1) is 0 Å². The Morgan fingerprint density at radius 3 is 2.65 bits per heavy atom. The van der Waals surface area contributed by atoms with Gasteiger partial charge in [0.05, 0.1) is 18.3 Å². The molecule has 1 aliphatic rings. The van der Waals surface area contributed by atoms with Crippen molar-refractivity contribution < 1.29 is 18.7 Å². The van der Waals surface area contributed by atoms with Gasteiger partial charge in [-0.25, -0.2) is 9.18 Å². The zero-order chi connectivity index (χ0) is 16.8. The Bertz CT molecular complexity index is 572. The van der Waals surface area contributed by atoms with Crippen LogP contribution in [0.25, 0.3) is 0 Å². The molecule has 126 valence electrons. The molecular weight excluding hydrogens is 301 g/mol. The fourth-order valence-electron chi connectivity index (χ4n) is 2.36.